The van der Waals surface area contributed by atoms with Crippen LogP contribution in [0.1, 0.15) is 11.9 Å². The predicted molar refractivity (Wildman–Crippen MR) is 38.0 cm³/mol. The monoisotopic (exact) mass is 138 g/mol. The van der Waals surface area contributed by atoms with Crippen LogP contribution in [-0.2, 0) is 0 Å². The van der Waals surface area contributed by atoms with Crippen LogP contribution in [0.5, 0.6) is 0 Å². The first kappa shape index (κ1) is 7.11. The molecule has 0 spiro atoms. The van der Waals surface area contributed by atoms with Crippen LogP contribution in [0.25, 0.3) is 0 Å². The van der Waals surface area contributed by atoms with Crippen molar-refractivity contribution in [1.82, 2.24) is 9.97 Å². The first-order valence-corrected chi connectivity index (χ1v) is 3.07. The van der Waals surface area contributed by atoms with E-state index in [2.05, 4.69) is 9.97 Å². The largest absolute Gasteiger partial charge is 0.328 e. The number of hydrogen-bond acceptors (Lipinski definition) is 4. The predicted octanol–water partition coefficient (Wildman–Crippen LogP) is -0.565. The van der Waals surface area contributed by atoms with E-state index in [1.54, 1.807) is 18.5 Å². The average molecular weight is 138 g/mol. The molecule has 0 radical (unpaired) electrons. The van der Waals surface area contributed by atoms with Gasteiger partial charge in [0, 0.05) is 18.9 Å². The second-order valence-electron chi connectivity index (χ2n) is 1.95. The van der Waals surface area contributed by atoms with Crippen LogP contribution in [0.4, 0.5) is 0 Å². The molecule has 0 bridgehead atoms. The van der Waals surface area contributed by atoms with Crippen molar-refractivity contribution in [3.8, 4) is 0 Å². The van der Waals surface area contributed by atoms with Gasteiger partial charge in [-0.3, -0.25) is 0 Å². The Morgan fingerprint density at radius 2 is 2.00 bits per heavy atom. The van der Waals surface area contributed by atoms with Crippen molar-refractivity contribution >= 4 is 0 Å². The van der Waals surface area contributed by atoms with Crippen LogP contribution < -0.4 is 11.5 Å². The lowest BCUT2D eigenvalue weighted by Gasteiger charge is -2.04. The molecule has 1 heterocycles. The summed E-state index contributed by atoms with van der Waals surface area (Å²) in [4.78, 5) is 7.87. The molecule has 4 heteroatoms. The van der Waals surface area contributed by atoms with E-state index in [4.69, 9.17) is 11.5 Å². The van der Waals surface area contributed by atoms with Crippen LogP contribution in [0.15, 0.2) is 18.5 Å². The topological polar surface area (TPSA) is 77.8 Å². The Morgan fingerprint density at radius 3 is 2.50 bits per heavy atom. The number of nitrogens with two attached hydrogens (primary N) is 2. The number of rotatable bonds is 2. The quantitative estimate of drug-likeness (QED) is 0.574. The molecule has 0 saturated carbocycles. The lowest BCUT2D eigenvalue weighted by atomic mass is 10.3. The molecular formula is C6H10N4. The molecule has 0 aliphatic heterocycles. The van der Waals surface area contributed by atoms with Crippen molar-refractivity contribution in [2.24, 2.45) is 11.5 Å². The summed E-state index contributed by atoms with van der Waals surface area (Å²) in [7, 11) is 0. The summed E-state index contributed by atoms with van der Waals surface area (Å²) in [5, 5.41) is 0. The molecule has 4 nitrogen and oxygen atoms in total. The van der Waals surface area contributed by atoms with Gasteiger partial charge in [-0.05, 0) is 6.07 Å². The van der Waals surface area contributed by atoms with Crippen molar-refractivity contribution in [3.63, 3.8) is 0 Å². The average Bonchev–Trinajstić information content (AvgIpc) is 2.05. The molecular weight excluding hydrogens is 128 g/mol. The van der Waals surface area contributed by atoms with Crippen molar-refractivity contribution in [2.45, 2.75) is 6.04 Å². The summed E-state index contributed by atoms with van der Waals surface area (Å²) in [5.41, 5.74) is 10.8. The molecule has 1 aromatic rings. The van der Waals surface area contributed by atoms with Crippen molar-refractivity contribution < 1.29 is 0 Å². The van der Waals surface area contributed by atoms with Crippen molar-refractivity contribution in [2.75, 3.05) is 6.54 Å². The minimum atomic E-state index is -0.235. The van der Waals surface area contributed by atoms with Gasteiger partial charge in [-0.1, -0.05) is 0 Å². The smallest absolute Gasteiger partial charge is 0.146 e. The van der Waals surface area contributed by atoms with Gasteiger partial charge in [-0.2, -0.15) is 0 Å². The highest BCUT2D eigenvalue weighted by atomic mass is 14.9. The molecule has 0 fully saturated rings. The molecule has 4 N–H and O–H groups in total. The summed E-state index contributed by atoms with van der Waals surface area (Å²) in [6.45, 7) is 0.379. The molecule has 0 saturated heterocycles. The van der Waals surface area contributed by atoms with Crippen LogP contribution in [0, 0.1) is 0 Å². The summed E-state index contributed by atoms with van der Waals surface area (Å²) in [5.74, 6) is 0.602. The van der Waals surface area contributed by atoms with Crippen molar-refractivity contribution in [3.05, 3.63) is 24.3 Å². The fourth-order valence-corrected chi connectivity index (χ4v) is 0.608. The summed E-state index contributed by atoms with van der Waals surface area (Å²) in [6, 6.07) is 1.51. The van der Waals surface area contributed by atoms with Gasteiger partial charge < -0.3 is 11.5 Å². The van der Waals surface area contributed by atoms with Crippen LogP contribution in [0.2, 0.25) is 0 Å². The Balaban J connectivity index is 2.75. The third kappa shape index (κ3) is 1.49. The second kappa shape index (κ2) is 3.24. The fourth-order valence-electron chi connectivity index (χ4n) is 0.608. The van der Waals surface area contributed by atoms with E-state index in [-0.39, 0.29) is 6.04 Å². The zero-order valence-electron chi connectivity index (χ0n) is 5.57. The molecule has 1 unspecified atom stereocenters. The van der Waals surface area contributed by atoms with Gasteiger partial charge in [0.05, 0.1) is 6.04 Å². The SMILES string of the molecule is NCC(N)c1ncccn1. The normalized spacial score (nSPS) is 13.0. The maximum absolute atomic E-state index is 5.54. The van der Waals surface area contributed by atoms with E-state index >= 15 is 0 Å². The third-order valence-electron chi connectivity index (χ3n) is 1.17. The van der Waals surface area contributed by atoms with Gasteiger partial charge in [-0.15, -0.1) is 0 Å². The molecule has 10 heavy (non-hydrogen) atoms. The van der Waals surface area contributed by atoms with E-state index in [1.165, 1.54) is 0 Å². The minimum Gasteiger partial charge on any atom is -0.328 e. The Morgan fingerprint density at radius 1 is 1.40 bits per heavy atom. The lowest BCUT2D eigenvalue weighted by molar-refractivity contribution is 0.680. The van der Waals surface area contributed by atoms with Gasteiger partial charge in [0.25, 0.3) is 0 Å². The number of nitrogens with zero attached hydrogens (tertiary/aromatic N) is 2. The van der Waals surface area contributed by atoms with Gasteiger partial charge >= 0.3 is 0 Å². The highest BCUT2D eigenvalue weighted by Gasteiger charge is 2.03. The zero-order valence-corrected chi connectivity index (χ0v) is 5.57. The standard InChI is InChI=1S/C6H10N4/c7-4-5(8)6-9-2-1-3-10-6/h1-3,5H,4,7-8H2. The molecule has 1 aromatic heterocycles. The molecule has 0 aliphatic rings. The fraction of sp³-hybridized carbons (Fsp3) is 0.333. The van der Waals surface area contributed by atoms with Crippen molar-refractivity contribution in [1.29, 1.82) is 0 Å². The summed E-state index contributed by atoms with van der Waals surface area (Å²) in [6.07, 6.45) is 3.30. The number of aromatic nitrogens is 2. The Hall–Kier alpha value is -1.00. The van der Waals surface area contributed by atoms with Gasteiger partial charge in [0.15, 0.2) is 0 Å². The Kier molecular flexibility index (Phi) is 2.30. The van der Waals surface area contributed by atoms with E-state index < -0.39 is 0 Å². The molecule has 1 rings (SSSR count). The first-order valence-electron chi connectivity index (χ1n) is 3.07. The zero-order chi connectivity index (χ0) is 7.40. The highest BCUT2D eigenvalue weighted by molar-refractivity contribution is 4.94. The van der Waals surface area contributed by atoms with Crippen LogP contribution in [0.3, 0.4) is 0 Å². The maximum atomic E-state index is 5.54. The molecule has 54 valence electrons. The number of hydrogen-bond donors (Lipinski definition) is 2. The van der Waals surface area contributed by atoms with E-state index in [0.717, 1.165) is 0 Å². The van der Waals surface area contributed by atoms with Crippen LogP contribution >= 0.6 is 0 Å². The molecule has 0 amide bonds. The van der Waals surface area contributed by atoms with Gasteiger partial charge in [0.1, 0.15) is 5.82 Å². The summed E-state index contributed by atoms with van der Waals surface area (Å²) >= 11 is 0. The van der Waals surface area contributed by atoms with Gasteiger partial charge in [-0.25, -0.2) is 9.97 Å². The molecule has 0 aromatic carbocycles. The highest BCUT2D eigenvalue weighted by Crippen LogP contribution is 1.97. The van der Waals surface area contributed by atoms with E-state index in [1.807, 2.05) is 0 Å². The Bertz CT molecular complexity index is 186. The molecule has 1 atom stereocenters. The van der Waals surface area contributed by atoms with E-state index in [0.29, 0.717) is 12.4 Å². The van der Waals surface area contributed by atoms with Gasteiger partial charge in [0.2, 0.25) is 0 Å². The Labute approximate surface area is 59.3 Å². The van der Waals surface area contributed by atoms with Crippen LogP contribution in [-0.4, -0.2) is 16.5 Å². The first-order chi connectivity index (χ1) is 4.84. The minimum absolute atomic E-state index is 0.235. The maximum Gasteiger partial charge on any atom is 0.146 e. The third-order valence-corrected chi connectivity index (χ3v) is 1.17. The summed E-state index contributed by atoms with van der Waals surface area (Å²) < 4.78 is 0. The second-order valence-corrected chi connectivity index (χ2v) is 1.95. The lowest BCUT2D eigenvalue weighted by Crippen LogP contribution is -2.22. The van der Waals surface area contributed by atoms with E-state index in [9.17, 15) is 0 Å². The molecule has 0 aliphatic carbocycles.